The number of hydrogen-bond acceptors (Lipinski definition) is 4. The van der Waals surface area contributed by atoms with Gasteiger partial charge >= 0.3 is 12.1 Å². The molecule has 0 aliphatic heterocycles. The number of rotatable bonds is 7. The summed E-state index contributed by atoms with van der Waals surface area (Å²) in [6, 6.07) is 16.2. The Morgan fingerprint density at radius 2 is 1.59 bits per heavy atom. The molecule has 4 rings (SSSR count). The lowest BCUT2D eigenvalue weighted by atomic mass is 9.81. The van der Waals surface area contributed by atoms with Gasteiger partial charge in [0.25, 0.3) is 0 Å². The third-order valence-electron chi connectivity index (χ3n) is 6.83. The predicted molar refractivity (Wildman–Crippen MR) is 128 cm³/mol. The highest BCUT2D eigenvalue weighted by molar-refractivity contribution is 5.97. The molecule has 7 heteroatoms. The van der Waals surface area contributed by atoms with Crippen LogP contribution in [0.4, 0.5) is 4.79 Å². The number of fused-ring (bicyclic) bond motifs is 3. The Hall–Kier alpha value is -3.61. The third-order valence-corrected chi connectivity index (χ3v) is 6.83. The van der Waals surface area contributed by atoms with Crippen LogP contribution in [0.15, 0.2) is 60.2 Å². The van der Waals surface area contributed by atoms with Crippen molar-refractivity contribution in [2.24, 2.45) is 0 Å². The lowest BCUT2D eigenvalue weighted by molar-refractivity contribution is -0.148. The second-order valence-corrected chi connectivity index (χ2v) is 9.00. The first-order valence-electron chi connectivity index (χ1n) is 11.7. The van der Waals surface area contributed by atoms with Gasteiger partial charge in [-0.3, -0.25) is 4.79 Å². The Balaban J connectivity index is 1.30. The van der Waals surface area contributed by atoms with Crippen LogP contribution in [-0.4, -0.2) is 41.8 Å². The fourth-order valence-electron chi connectivity index (χ4n) is 4.89. The maximum atomic E-state index is 12.5. The number of carboxylic acid groups (broad SMARTS) is 1. The van der Waals surface area contributed by atoms with Crippen LogP contribution in [0.5, 0.6) is 0 Å². The Bertz CT molecular complexity index is 1070. The summed E-state index contributed by atoms with van der Waals surface area (Å²) in [7, 11) is 0. The van der Waals surface area contributed by atoms with Crippen LogP contribution in [0.1, 0.15) is 56.1 Å². The molecule has 34 heavy (non-hydrogen) atoms. The molecule has 0 atom stereocenters. The molecule has 0 unspecified atom stereocenters. The highest BCUT2D eigenvalue weighted by Gasteiger charge is 2.41. The summed E-state index contributed by atoms with van der Waals surface area (Å²) in [5, 5.41) is 15.0. The van der Waals surface area contributed by atoms with Crippen molar-refractivity contribution in [1.82, 2.24) is 10.6 Å². The van der Waals surface area contributed by atoms with E-state index in [1.54, 1.807) is 13.0 Å². The average Bonchev–Trinajstić information content (AvgIpc) is 3.17. The highest BCUT2D eigenvalue weighted by Crippen LogP contribution is 2.44. The van der Waals surface area contributed by atoms with Crippen molar-refractivity contribution in [2.75, 3.05) is 13.2 Å². The normalized spacial score (nSPS) is 16.8. The standard InChI is InChI=1S/C27H30N2O5/c1-18(24(30)29-27(25(31)32)14-7-2-8-15-27)13-16-28-26(33)34-17-23-21-11-5-3-9-19(21)20-10-4-6-12-22(20)23/h3-6,9-13,23H,2,7-8,14-17H2,1H3,(H,28,33)(H,29,30)(H,31,32)/b18-13+. The first kappa shape index (κ1) is 23.5. The number of carboxylic acids is 1. The SMILES string of the molecule is C/C(=C\CNC(=O)OCC1c2ccccc2-c2ccccc21)C(=O)NC1(C(=O)O)CCCCC1. The van der Waals surface area contributed by atoms with Crippen molar-refractivity contribution >= 4 is 18.0 Å². The van der Waals surface area contributed by atoms with E-state index in [2.05, 4.69) is 34.9 Å². The minimum Gasteiger partial charge on any atom is -0.480 e. The Labute approximate surface area is 199 Å². The molecular formula is C27H30N2O5. The van der Waals surface area contributed by atoms with Crippen LogP contribution in [0.2, 0.25) is 0 Å². The molecular weight excluding hydrogens is 432 g/mol. The first-order chi connectivity index (χ1) is 16.4. The summed E-state index contributed by atoms with van der Waals surface area (Å²) in [6.07, 6.45) is 4.38. The number of amides is 2. The predicted octanol–water partition coefficient (Wildman–Crippen LogP) is 4.38. The molecule has 0 radical (unpaired) electrons. The van der Waals surface area contributed by atoms with Gasteiger partial charge in [-0.2, -0.15) is 0 Å². The molecule has 0 saturated heterocycles. The maximum Gasteiger partial charge on any atom is 0.407 e. The minimum absolute atomic E-state index is 0.0242. The van der Waals surface area contributed by atoms with Gasteiger partial charge in [0.2, 0.25) is 5.91 Å². The van der Waals surface area contributed by atoms with E-state index in [9.17, 15) is 19.5 Å². The Morgan fingerprint density at radius 1 is 1.00 bits per heavy atom. The lowest BCUT2D eigenvalue weighted by Crippen LogP contribution is -2.55. The number of nitrogens with one attached hydrogen (secondary N) is 2. The lowest BCUT2D eigenvalue weighted by Gasteiger charge is -2.34. The van der Waals surface area contributed by atoms with E-state index >= 15 is 0 Å². The van der Waals surface area contributed by atoms with Crippen LogP contribution in [0.25, 0.3) is 11.1 Å². The summed E-state index contributed by atoms with van der Waals surface area (Å²) in [4.78, 5) is 36.6. The fraction of sp³-hybridized carbons (Fsp3) is 0.370. The molecule has 178 valence electrons. The molecule has 2 aliphatic carbocycles. The van der Waals surface area contributed by atoms with E-state index in [1.165, 1.54) is 0 Å². The summed E-state index contributed by atoms with van der Waals surface area (Å²) in [6.45, 7) is 1.92. The number of aliphatic carboxylic acids is 1. The van der Waals surface area contributed by atoms with Gasteiger partial charge < -0.3 is 20.5 Å². The van der Waals surface area contributed by atoms with E-state index in [1.807, 2.05) is 24.3 Å². The van der Waals surface area contributed by atoms with Crippen molar-refractivity contribution in [2.45, 2.75) is 50.5 Å². The van der Waals surface area contributed by atoms with E-state index < -0.39 is 23.5 Å². The molecule has 7 nitrogen and oxygen atoms in total. The van der Waals surface area contributed by atoms with E-state index in [0.29, 0.717) is 18.4 Å². The summed E-state index contributed by atoms with van der Waals surface area (Å²) >= 11 is 0. The number of hydrogen-bond donors (Lipinski definition) is 3. The molecule has 1 fully saturated rings. The quantitative estimate of drug-likeness (QED) is 0.530. The van der Waals surface area contributed by atoms with E-state index in [4.69, 9.17) is 4.74 Å². The van der Waals surface area contributed by atoms with Crippen molar-refractivity contribution in [1.29, 1.82) is 0 Å². The maximum absolute atomic E-state index is 12.5. The largest absolute Gasteiger partial charge is 0.480 e. The molecule has 2 aromatic rings. The zero-order chi connectivity index (χ0) is 24.1. The van der Waals surface area contributed by atoms with E-state index in [0.717, 1.165) is 41.5 Å². The van der Waals surface area contributed by atoms with Gasteiger partial charge in [-0.25, -0.2) is 9.59 Å². The van der Waals surface area contributed by atoms with Gasteiger partial charge in [-0.15, -0.1) is 0 Å². The second kappa shape index (κ2) is 10.1. The summed E-state index contributed by atoms with van der Waals surface area (Å²) < 4.78 is 5.49. The third kappa shape index (κ3) is 4.83. The molecule has 0 bridgehead atoms. The molecule has 0 aromatic heterocycles. The number of carbonyl (C=O) groups excluding carboxylic acids is 2. The zero-order valence-corrected chi connectivity index (χ0v) is 19.3. The molecule has 0 heterocycles. The van der Waals surface area contributed by atoms with Crippen molar-refractivity contribution in [3.63, 3.8) is 0 Å². The van der Waals surface area contributed by atoms with Crippen molar-refractivity contribution in [3.8, 4) is 11.1 Å². The average molecular weight is 463 g/mol. The molecule has 2 aromatic carbocycles. The van der Waals surface area contributed by atoms with Gasteiger partial charge in [0, 0.05) is 18.0 Å². The topological polar surface area (TPSA) is 105 Å². The van der Waals surface area contributed by atoms with Gasteiger partial charge in [-0.1, -0.05) is 73.9 Å². The van der Waals surface area contributed by atoms with Crippen LogP contribution in [-0.2, 0) is 14.3 Å². The fourth-order valence-corrected chi connectivity index (χ4v) is 4.89. The highest BCUT2D eigenvalue weighted by atomic mass is 16.5. The number of benzene rings is 2. The first-order valence-corrected chi connectivity index (χ1v) is 11.7. The van der Waals surface area contributed by atoms with Gasteiger partial charge in [0.1, 0.15) is 12.1 Å². The molecule has 2 amide bonds. The monoisotopic (exact) mass is 462 g/mol. The molecule has 0 spiro atoms. The zero-order valence-electron chi connectivity index (χ0n) is 19.3. The van der Waals surface area contributed by atoms with E-state index in [-0.39, 0.29) is 19.1 Å². The van der Waals surface area contributed by atoms with Crippen LogP contribution < -0.4 is 10.6 Å². The van der Waals surface area contributed by atoms with Crippen LogP contribution in [0.3, 0.4) is 0 Å². The number of alkyl carbamates (subject to hydrolysis) is 1. The van der Waals surface area contributed by atoms with Crippen molar-refractivity contribution in [3.05, 3.63) is 71.3 Å². The van der Waals surface area contributed by atoms with Gasteiger partial charge in [-0.05, 0) is 42.0 Å². The minimum atomic E-state index is -1.20. The molecule has 3 N–H and O–H groups in total. The van der Waals surface area contributed by atoms with Crippen molar-refractivity contribution < 1.29 is 24.2 Å². The van der Waals surface area contributed by atoms with Crippen LogP contribution in [0, 0.1) is 0 Å². The summed E-state index contributed by atoms with van der Waals surface area (Å²) in [5.74, 6) is -1.45. The smallest absolute Gasteiger partial charge is 0.407 e. The van der Waals surface area contributed by atoms with Gasteiger partial charge in [0.05, 0.1) is 0 Å². The number of ether oxygens (including phenoxy) is 1. The Morgan fingerprint density at radius 3 is 2.18 bits per heavy atom. The van der Waals surface area contributed by atoms with Gasteiger partial charge in [0.15, 0.2) is 0 Å². The number of carbonyl (C=O) groups is 3. The molecule has 2 aliphatic rings. The Kier molecular flexibility index (Phi) is 7.01. The second-order valence-electron chi connectivity index (χ2n) is 9.00. The van der Waals surface area contributed by atoms with Crippen LogP contribution >= 0.6 is 0 Å². The molecule has 1 saturated carbocycles. The summed E-state index contributed by atoms with van der Waals surface area (Å²) in [5.41, 5.74) is 3.75.